The second-order valence-corrected chi connectivity index (χ2v) is 5.19. The van der Waals surface area contributed by atoms with Crippen LogP contribution >= 0.6 is 12.2 Å². The molecule has 0 aromatic rings. The highest BCUT2D eigenvalue weighted by Crippen LogP contribution is 2.10. The molecule has 18 heavy (non-hydrogen) atoms. The minimum absolute atomic E-state index is 0.0240. The maximum absolute atomic E-state index is 11.5. The molecular formula is C14H28N2OS. The van der Waals surface area contributed by atoms with E-state index in [4.69, 9.17) is 12.2 Å². The molecule has 2 N–H and O–H groups in total. The van der Waals surface area contributed by atoms with E-state index in [0.717, 1.165) is 25.8 Å². The van der Waals surface area contributed by atoms with E-state index >= 15 is 0 Å². The molecule has 1 atom stereocenters. The molecule has 0 saturated carbocycles. The van der Waals surface area contributed by atoms with Gasteiger partial charge in [0.25, 0.3) is 0 Å². The van der Waals surface area contributed by atoms with Crippen LogP contribution in [0.5, 0.6) is 0 Å². The van der Waals surface area contributed by atoms with Crippen LogP contribution in [0, 0.1) is 5.92 Å². The van der Waals surface area contributed by atoms with Crippen molar-refractivity contribution in [1.29, 1.82) is 0 Å². The Morgan fingerprint density at radius 3 is 2.39 bits per heavy atom. The van der Waals surface area contributed by atoms with E-state index in [0.29, 0.717) is 17.5 Å². The Hall–Kier alpha value is -0.640. The summed E-state index contributed by atoms with van der Waals surface area (Å²) < 4.78 is 0. The fourth-order valence-electron chi connectivity index (χ4n) is 1.75. The monoisotopic (exact) mass is 272 g/mol. The molecule has 0 aliphatic heterocycles. The highest BCUT2D eigenvalue weighted by Gasteiger charge is 2.08. The van der Waals surface area contributed by atoms with Gasteiger partial charge in [0.05, 0.1) is 0 Å². The standard InChI is InChI=1S/C14H28N2OS/c1-4-7-9-12(6-3)11-15-14(18)16-13(17)10-8-5-2/h12H,4-11H2,1-3H3,(H2,15,16,17,18). The zero-order valence-corrected chi connectivity index (χ0v) is 12.9. The second-order valence-electron chi connectivity index (χ2n) is 4.78. The van der Waals surface area contributed by atoms with Crippen LogP contribution in [-0.4, -0.2) is 17.6 Å². The summed E-state index contributed by atoms with van der Waals surface area (Å²) in [4.78, 5) is 11.5. The third-order valence-electron chi connectivity index (χ3n) is 3.10. The SMILES string of the molecule is CCCCC(=O)NC(=S)NCC(CC)CCCC. The lowest BCUT2D eigenvalue weighted by Gasteiger charge is -2.16. The topological polar surface area (TPSA) is 41.1 Å². The van der Waals surface area contributed by atoms with Crippen molar-refractivity contribution in [2.24, 2.45) is 5.92 Å². The number of unbranched alkanes of at least 4 members (excludes halogenated alkanes) is 2. The number of carbonyl (C=O) groups is 1. The largest absolute Gasteiger partial charge is 0.362 e. The smallest absolute Gasteiger partial charge is 0.226 e. The first kappa shape index (κ1) is 17.4. The molecule has 0 bridgehead atoms. The fourth-order valence-corrected chi connectivity index (χ4v) is 1.95. The number of amides is 1. The molecule has 0 radical (unpaired) electrons. The summed E-state index contributed by atoms with van der Waals surface area (Å²) in [6.07, 6.45) is 7.38. The molecule has 0 aromatic carbocycles. The molecule has 0 heterocycles. The molecule has 3 nitrogen and oxygen atoms in total. The van der Waals surface area contributed by atoms with Gasteiger partial charge in [-0.25, -0.2) is 0 Å². The lowest BCUT2D eigenvalue weighted by molar-refractivity contribution is -0.119. The number of hydrogen-bond donors (Lipinski definition) is 2. The second kappa shape index (κ2) is 11.5. The fraction of sp³-hybridized carbons (Fsp3) is 0.857. The van der Waals surface area contributed by atoms with Gasteiger partial charge in [0.1, 0.15) is 0 Å². The van der Waals surface area contributed by atoms with E-state index in [1.807, 2.05) is 0 Å². The van der Waals surface area contributed by atoms with Crippen LogP contribution in [0.4, 0.5) is 0 Å². The van der Waals surface area contributed by atoms with Crippen LogP contribution in [0.25, 0.3) is 0 Å². The number of nitrogens with one attached hydrogen (secondary N) is 2. The highest BCUT2D eigenvalue weighted by atomic mass is 32.1. The minimum Gasteiger partial charge on any atom is -0.362 e. The summed E-state index contributed by atoms with van der Waals surface area (Å²) in [6, 6.07) is 0. The molecule has 0 aliphatic rings. The van der Waals surface area contributed by atoms with Crippen molar-refractivity contribution in [3.63, 3.8) is 0 Å². The third kappa shape index (κ3) is 9.40. The summed E-state index contributed by atoms with van der Waals surface area (Å²) in [5, 5.41) is 6.36. The van der Waals surface area contributed by atoms with Crippen molar-refractivity contribution in [3.05, 3.63) is 0 Å². The van der Waals surface area contributed by atoms with Crippen molar-refractivity contribution >= 4 is 23.2 Å². The Bertz CT molecular complexity index is 244. The quantitative estimate of drug-likeness (QED) is 0.632. The van der Waals surface area contributed by atoms with Crippen molar-refractivity contribution in [2.45, 2.75) is 65.7 Å². The van der Waals surface area contributed by atoms with Gasteiger partial charge in [0.15, 0.2) is 5.11 Å². The lowest BCUT2D eigenvalue weighted by atomic mass is 9.99. The van der Waals surface area contributed by atoms with E-state index in [1.165, 1.54) is 19.3 Å². The number of thiocarbonyl (C=S) groups is 1. The van der Waals surface area contributed by atoms with E-state index in [2.05, 4.69) is 31.4 Å². The van der Waals surface area contributed by atoms with Crippen molar-refractivity contribution in [2.75, 3.05) is 6.54 Å². The van der Waals surface area contributed by atoms with Gasteiger partial charge >= 0.3 is 0 Å². The van der Waals surface area contributed by atoms with Crippen molar-refractivity contribution < 1.29 is 4.79 Å². The van der Waals surface area contributed by atoms with Gasteiger partial charge in [0.2, 0.25) is 5.91 Å². The maximum Gasteiger partial charge on any atom is 0.226 e. The zero-order valence-electron chi connectivity index (χ0n) is 12.1. The molecular weight excluding hydrogens is 244 g/mol. The first-order valence-electron chi connectivity index (χ1n) is 7.21. The van der Waals surface area contributed by atoms with Crippen LogP contribution in [0.1, 0.15) is 65.7 Å². The Labute approximate surface area is 117 Å². The van der Waals surface area contributed by atoms with Crippen LogP contribution in [-0.2, 0) is 4.79 Å². The van der Waals surface area contributed by atoms with Gasteiger partial charge in [0, 0.05) is 13.0 Å². The molecule has 0 fully saturated rings. The Kier molecular flexibility index (Phi) is 11.0. The van der Waals surface area contributed by atoms with Crippen LogP contribution in [0.15, 0.2) is 0 Å². The molecule has 1 unspecified atom stereocenters. The van der Waals surface area contributed by atoms with Crippen molar-refractivity contribution in [3.8, 4) is 0 Å². The Morgan fingerprint density at radius 2 is 1.83 bits per heavy atom. The van der Waals surface area contributed by atoms with E-state index in [1.54, 1.807) is 0 Å². The number of hydrogen-bond acceptors (Lipinski definition) is 2. The molecule has 0 spiro atoms. The summed E-state index contributed by atoms with van der Waals surface area (Å²) in [5.74, 6) is 0.673. The Morgan fingerprint density at radius 1 is 1.17 bits per heavy atom. The van der Waals surface area contributed by atoms with Gasteiger partial charge in [-0.05, 0) is 31.0 Å². The lowest BCUT2D eigenvalue weighted by Crippen LogP contribution is -2.41. The summed E-state index contributed by atoms with van der Waals surface area (Å²) in [6.45, 7) is 7.34. The van der Waals surface area contributed by atoms with Gasteiger partial charge in [-0.3, -0.25) is 4.79 Å². The molecule has 106 valence electrons. The molecule has 0 saturated heterocycles. The molecule has 0 rings (SSSR count). The summed E-state index contributed by atoms with van der Waals surface area (Å²) in [7, 11) is 0. The van der Waals surface area contributed by atoms with Crippen LogP contribution in [0.2, 0.25) is 0 Å². The maximum atomic E-state index is 11.5. The zero-order chi connectivity index (χ0) is 13.8. The summed E-state index contributed by atoms with van der Waals surface area (Å²) >= 11 is 5.12. The van der Waals surface area contributed by atoms with Gasteiger partial charge in [-0.1, -0.05) is 46.5 Å². The average Bonchev–Trinajstić information content (AvgIpc) is 2.36. The predicted octanol–water partition coefficient (Wildman–Crippen LogP) is 3.38. The number of rotatable bonds is 9. The van der Waals surface area contributed by atoms with E-state index in [9.17, 15) is 4.79 Å². The summed E-state index contributed by atoms with van der Waals surface area (Å²) in [5.41, 5.74) is 0. The molecule has 0 aliphatic carbocycles. The molecule has 4 heteroatoms. The van der Waals surface area contributed by atoms with E-state index in [-0.39, 0.29) is 5.91 Å². The number of carbonyl (C=O) groups excluding carboxylic acids is 1. The van der Waals surface area contributed by atoms with E-state index < -0.39 is 0 Å². The first-order valence-corrected chi connectivity index (χ1v) is 7.62. The normalized spacial score (nSPS) is 11.9. The third-order valence-corrected chi connectivity index (χ3v) is 3.35. The molecule has 0 aromatic heterocycles. The molecule has 1 amide bonds. The van der Waals surface area contributed by atoms with Crippen LogP contribution in [0.3, 0.4) is 0 Å². The van der Waals surface area contributed by atoms with Gasteiger partial charge in [-0.15, -0.1) is 0 Å². The Balaban J connectivity index is 3.76. The van der Waals surface area contributed by atoms with Crippen LogP contribution < -0.4 is 10.6 Å². The highest BCUT2D eigenvalue weighted by molar-refractivity contribution is 7.80. The van der Waals surface area contributed by atoms with Gasteiger partial charge < -0.3 is 10.6 Å². The average molecular weight is 272 g/mol. The first-order chi connectivity index (χ1) is 8.63. The van der Waals surface area contributed by atoms with Crippen molar-refractivity contribution in [1.82, 2.24) is 10.6 Å². The minimum atomic E-state index is 0.0240. The van der Waals surface area contributed by atoms with Gasteiger partial charge in [-0.2, -0.15) is 0 Å². The predicted molar refractivity (Wildman–Crippen MR) is 81.6 cm³/mol.